The number of carbonyl (C=O) groups excluding carboxylic acids is 1. The number of nitrogens with one attached hydrogen (secondary N) is 2. The second-order valence-corrected chi connectivity index (χ2v) is 5.45. The number of halogens is 3. The summed E-state index contributed by atoms with van der Waals surface area (Å²) >= 11 is 0. The second-order valence-electron chi connectivity index (χ2n) is 5.45. The van der Waals surface area contributed by atoms with E-state index >= 15 is 0 Å². The van der Waals surface area contributed by atoms with E-state index in [4.69, 9.17) is 10.5 Å². The molecular formula is C18H19F3N4O3. The zero-order valence-electron chi connectivity index (χ0n) is 14.9. The molecule has 0 aliphatic rings. The first-order valence-electron chi connectivity index (χ1n) is 8.12. The summed E-state index contributed by atoms with van der Waals surface area (Å²) in [6, 6.07) is 11.7. The Kier molecular flexibility index (Phi) is 7.08. The molecule has 2 aromatic rings. The Labute approximate surface area is 159 Å². The van der Waals surface area contributed by atoms with Gasteiger partial charge in [-0.15, -0.1) is 13.2 Å². The van der Waals surface area contributed by atoms with Crippen LogP contribution < -0.4 is 25.8 Å². The van der Waals surface area contributed by atoms with Crippen LogP contribution in [0.1, 0.15) is 10.4 Å². The Morgan fingerprint density at radius 1 is 1.14 bits per heavy atom. The molecule has 10 heteroatoms. The highest BCUT2D eigenvalue weighted by atomic mass is 19.4. The van der Waals surface area contributed by atoms with Crippen LogP contribution in [0.15, 0.2) is 53.5 Å². The van der Waals surface area contributed by atoms with E-state index in [0.717, 1.165) is 12.1 Å². The number of ether oxygens (including phenoxy) is 2. The number of aliphatic imine (C=N–C) groups is 1. The standard InChI is InChI=1S/C18H19F3N4O3/c1-27-15-4-2-3-12(11-15)16(26)23-9-10-24-17(22)25-13-5-7-14(8-6-13)28-18(19,20)21/h2-8,11H,9-10H2,1H3,(H,23,26)(H3,22,24,25). The average Bonchev–Trinajstić information content (AvgIpc) is 2.65. The van der Waals surface area contributed by atoms with Crippen molar-refractivity contribution in [1.82, 2.24) is 5.32 Å². The quantitative estimate of drug-likeness (QED) is 0.380. The van der Waals surface area contributed by atoms with E-state index in [1.165, 1.54) is 19.2 Å². The Balaban J connectivity index is 1.78. The van der Waals surface area contributed by atoms with Crippen LogP contribution in [0.4, 0.5) is 18.9 Å². The minimum absolute atomic E-state index is 0.0557. The minimum atomic E-state index is -4.75. The van der Waals surface area contributed by atoms with Gasteiger partial charge in [-0.05, 0) is 42.5 Å². The van der Waals surface area contributed by atoms with E-state index in [1.54, 1.807) is 24.3 Å². The maximum atomic E-state index is 12.1. The number of hydrogen-bond acceptors (Lipinski definition) is 4. The van der Waals surface area contributed by atoms with Gasteiger partial charge in [-0.2, -0.15) is 0 Å². The van der Waals surface area contributed by atoms with Gasteiger partial charge in [0.1, 0.15) is 11.5 Å². The number of nitrogens with two attached hydrogens (primary N) is 1. The molecule has 0 saturated heterocycles. The molecule has 0 aliphatic heterocycles. The van der Waals surface area contributed by atoms with Gasteiger partial charge in [-0.25, -0.2) is 0 Å². The molecule has 150 valence electrons. The van der Waals surface area contributed by atoms with Crippen molar-refractivity contribution in [2.24, 2.45) is 10.7 Å². The van der Waals surface area contributed by atoms with Gasteiger partial charge in [0.25, 0.3) is 5.91 Å². The fourth-order valence-electron chi connectivity index (χ4n) is 2.14. The number of guanidine groups is 1. The smallest absolute Gasteiger partial charge is 0.497 e. The van der Waals surface area contributed by atoms with Crippen LogP contribution in [0.2, 0.25) is 0 Å². The van der Waals surface area contributed by atoms with Crippen LogP contribution in [-0.2, 0) is 0 Å². The maximum absolute atomic E-state index is 12.1. The van der Waals surface area contributed by atoms with E-state index in [9.17, 15) is 18.0 Å². The summed E-state index contributed by atoms with van der Waals surface area (Å²) in [6.07, 6.45) is -4.75. The first-order chi connectivity index (χ1) is 13.3. The van der Waals surface area contributed by atoms with Gasteiger partial charge in [0, 0.05) is 17.8 Å². The van der Waals surface area contributed by atoms with Crippen molar-refractivity contribution < 1.29 is 27.4 Å². The molecule has 1 amide bonds. The summed E-state index contributed by atoms with van der Waals surface area (Å²) < 4.78 is 45.2. The topological polar surface area (TPSA) is 98.0 Å². The van der Waals surface area contributed by atoms with Crippen molar-refractivity contribution in [3.05, 3.63) is 54.1 Å². The summed E-state index contributed by atoms with van der Waals surface area (Å²) in [5, 5.41) is 5.42. The number of nitrogens with zero attached hydrogens (tertiary/aromatic N) is 1. The highest BCUT2D eigenvalue weighted by Crippen LogP contribution is 2.23. The first kappa shape index (κ1) is 20.9. The zero-order chi connectivity index (χ0) is 20.6. The predicted molar refractivity (Wildman–Crippen MR) is 98.6 cm³/mol. The molecule has 0 unspecified atom stereocenters. The number of alkyl halides is 3. The van der Waals surface area contributed by atoms with E-state index in [1.807, 2.05) is 0 Å². The molecule has 0 fully saturated rings. The number of amides is 1. The third-order valence-electron chi connectivity index (χ3n) is 3.37. The molecule has 0 aliphatic carbocycles. The minimum Gasteiger partial charge on any atom is -0.497 e. The molecule has 28 heavy (non-hydrogen) atoms. The molecule has 0 aromatic heterocycles. The van der Waals surface area contributed by atoms with Crippen molar-refractivity contribution in [3.8, 4) is 11.5 Å². The monoisotopic (exact) mass is 396 g/mol. The molecule has 2 rings (SSSR count). The molecular weight excluding hydrogens is 377 g/mol. The highest BCUT2D eigenvalue weighted by Gasteiger charge is 2.30. The van der Waals surface area contributed by atoms with Gasteiger partial charge >= 0.3 is 6.36 Å². The second kappa shape index (κ2) is 9.49. The summed E-state index contributed by atoms with van der Waals surface area (Å²) in [5.74, 6) is 0.0144. The van der Waals surface area contributed by atoms with Gasteiger partial charge in [0.05, 0.1) is 13.7 Å². The van der Waals surface area contributed by atoms with Crippen LogP contribution in [0, 0.1) is 0 Å². The Hall–Kier alpha value is -3.43. The summed E-state index contributed by atoms with van der Waals surface area (Å²) in [5.41, 5.74) is 6.60. The lowest BCUT2D eigenvalue weighted by Gasteiger charge is -2.10. The van der Waals surface area contributed by atoms with E-state index in [2.05, 4.69) is 20.4 Å². The lowest BCUT2D eigenvalue weighted by molar-refractivity contribution is -0.274. The largest absolute Gasteiger partial charge is 0.573 e. The van der Waals surface area contributed by atoms with Gasteiger partial charge in [-0.3, -0.25) is 9.79 Å². The molecule has 7 nitrogen and oxygen atoms in total. The molecule has 2 aromatic carbocycles. The Morgan fingerprint density at radius 2 is 1.86 bits per heavy atom. The third-order valence-corrected chi connectivity index (χ3v) is 3.37. The van der Waals surface area contributed by atoms with Crippen molar-refractivity contribution >= 4 is 17.6 Å². The fraction of sp³-hybridized carbons (Fsp3) is 0.222. The molecule has 0 saturated carbocycles. The molecule has 0 atom stereocenters. The number of anilines is 1. The van der Waals surface area contributed by atoms with Crippen LogP contribution in [0.3, 0.4) is 0 Å². The summed E-state index contributed by atoms with van der Waals surface area (Å²) in [4.78, 5) is 16.1. The fourth-order valence-corrected chi connectivity index (χ4v) is 2.14. The maximum Gasteiger partial charge on any atom is 0.573 e. The number of methoxy groups -OCH3 is 1. The summed E-state index contributed by atoms with van der Waals surface area (Å²) in [6.45, 7) is 0.459. The average molecular weight is 396 g/mol. The Morgan fingerprint density at radius 3 is 2.50 bits per heavy atom. The van der Waals surface area contributed by atoms with Crippen molar-refractivity contribution in [1.29, 1.82) is 0 Å². The van der Waals surface area contributed by atoms with Crippen molar-refractivity contribution in [3.63, 3.8) is 0 Å². The van der Waals surface area contributed by atoms with Gasteiger partial charge in [-0.1, -0.05) is 6.07 Å². The normalized spacial score (nSPS) is 11.6. The highest BCUT2D eigenvalue weighted by molar-refractivity contribution is 5.94. The SMILES string of the molecule is COc1cccc(C(=O)NCCN=C(N)Nc2ccc(OC(F)(F)F)cc2)c1. The lowest BCUT2D eigenvalue weighted by Crippen LogP contribution is -2.28. The van der Waals surface area contributed by atoms with E-state index in [-0.39, 0.29) is 30.7 Å². The van der Waals surface area contributed by atoms with Crippen LogP contribution in [0.5, 0.6) is 11.5 Å². The van der Waals surface area contributed by atoms with Crippen LogP contribution in [-0.4, -0.2) is 38.4 Å². The first-order valence-corrected chi connectivity index (χ1v) is 8.12. The van der Waals surface area contributed by atoms with Gasteiger partial charge in [0.15, 0.2) is 5.96 Å². The van der Waals surface area contributed by atoms with E-state index < -0.39 is 6.36 Å². The number of hydrogen-bond donors (Lipinski definition) is 3. The molecule has 0 spiro atoms. The Bertz CT molecular complexity index is 824. The molecule has 0 heterocycles. The third kappa shape index (κ3) is 7.06. The van der Waals surface area contributed by atoms with E-state index in [0.29, 0.717) is 17.0 Å². The molecule has 0 bridgehead atoms. The van der Waals surface area contributed by atoms with Crippen LogP contribution >= 0.6 is 0 Å². The number of carbonyl (C=O) groups is 1. The lowest BCUT2D eigenvalue weighted by atomic mass is 10.2. The summed E-state index contributed by atoms with van der Waals surface area (Å²) in [7, 11) is 1.51. The molecule has 4 N–H and O–H groups in total. The van der Waals surface area contributed by atoms with Crippen molar-refractivity contribution in [2.75, 3.05) is 25.5 Å². The van der Waals surface area contributed by atoms with Gasteiger partial charge in [0.2, 0.25) is 0 Å². The number of rotatable bonds is 7. The van der Waals surface area contributed by atoms with Crippen LogP contribution in [0.25, 0.3) is 0 Å². The zero-order valence-corrected chi connectivity index (χ0v) is 14.9. The molecule has 0 radical (unpaired) electrons. The number of benzene rings is 2. The van der Waals surface area contributed by atoms with Crippen molar-refractivity contribution in [2.45, 2.75) is 6.36 Å². The van der Waals surface area contributed by atoms with Gasteiger partial charge < -0.3 is 25.8 Å². The predicted octanol–water partition coefficient (Wildman–Crippen LogP) is 2.75.